The lowest BCUT2D eigenvalue weighted by Gasteiger charge is -2.36. The van der Waals surface area contributed by atoms with Crippen molar-refractivity contribution in [1.29, 1.82) is 0 Å². The highest BCUT2D eigenvalue weighted by Gasteiger charge is 2.27. The fraction of sp³-hybridized carbons (Fsp3) is 0.696. The molecule has 0 radical (unpaired) electrons. The first-order valence-corrected chi connectivity index (χ1v) is 11.4. The normalized spacial score (nSPS) is 21.0. The van der Waals surface area contributed by atoms with Crippen LogP contribution in [0.25, 0.3) is 0 Å². The number of benzene rings is 1. The zero-order valence-corrected chi connectivity index (χ0v) is 21.9. The first-order chi connectivity index (χ1) is 14.4. The average molecular weight is 568 g/mol. The first-order valence-electron chi connectivity index (χ1n) is 11.0. The van der Waals surface area contributed by atoms with Crippen LogP contribution in [-0.2, 0) is 14.9 Å². The van der Waals surface area contributed by atoms with E-state index in [1.807, 2.05) is 7.05 Å². The predicted molar refractivity (Wildman–Crippen MR) is 135 cm³/mol. The summed E-state index contributed by atoms with van der Waals surface area (Å²) in [4.78, 5) is 6.74. The Bertz CT molecular complexity index is 721. The molecule has 2 aliphatic rings. The molecule has 5 nitrogen and oxygen atoms in total. The number of guanidine groups is 1. The van der Waals surface area contributed by atoms with E-state index in [9.17, 15) is 4.39 Å². The largest absolute Gasteiger partial charge is 0.376 e. The maximum atomic E-state index is 13.4. The van der Waals surface area contributed by atoms with Gasteiger partial charge in [0.2, 0.25) is 0 Å². The zero-order valence-electron chi connectivity index (χ0n) is 18.8. The van der Waals surface area contributed by atoms with Crippen LogP contribution in [0.5, 0.6) is 0 Å². The monoisotopic (exact) mass is 567 g/mol. The van der Waals surface area contributed by atoms with Gasteiger partial charge >= 0.3 is 0 Å². The van der Waals surface area contributed by atoms with Crippen LogP contribution in [0.1, 0.15) is 51.5 Å². The molecule has 2 saturated heterocycles. The maximum Gasteiger partial charge on any atom is 0.193 e. The van der Waals surface area contributed by atoms with E-state index in [0.29, 0.717) is 24.3 Å². The van der Waals surface area contributed by atoms with Crippen molar-refractivity contribution in [2.45, 2.75) is 63.6 Å². The van der Waals surface area contributed by atoms with Gasteiger partial charge in [0.05, 0.1) is 18.8 Å². The molecule has 176 valence electrons. The van der Waals surface area contributed by atoms with Gasteiger partial charge in [0.25, 0.3) is 0 Å². The Labute approximate surface area is 208 Å². The third kappa shape index (κ3) is 7.72. The number of piperidine rings is 1. The number of halogens is 3. The van der Waals surface area contributed by atoms with Crippen molar-refractivity contribution in [3.8, 4) is 0 Å². The molecule has 1 unspecified atom stereocenters. The van der Waals surface area contributed by atoms with Gasteiger partial charge in [-0.2, -0.15) is 0 Å². The van der Waals surface area contributed by atoms with E-state index in [4.69, 9.17) is 21.1 Å². The maximum absolute atomic E-state index is 13.4. The van der Waals surface area contributed by atoms with Gasteiger partial charge in [-0.1, -0.05) is 31.5 Å². The summed E-state index contributed by atoms with van der Waals surface area (Å²) in [5, 5.41) is 3.94. The van der Waals surface area contributed by atoms with Gasteiger partial charge in [0.15, 0.2) is 5.96 Å². The summed E-state index contributed by atoms with van der Waals surface area (Å²) >= 11 is 6.28. The molecule has 1 aromatic rings. The standard InChI is InChI=1S/C23H35ClFN3O2.HI/c1-23(2,20-8-7-17(25)14-21(20)24)16-27-22(26-3)28-11-9-18(10-12-28)30-15-19-6-4-5-13-29-19;/h7-8,14,18-19H,4-6,9-13,15-16H2,1-3H3,(H,26,27);1H. The second-order valence-corrected chi connectivity index (χ2v) is 9.32. The van der Waals surface area contributed by atoms with Crippen molar-refractivity contribution in [1.82, 2.24) is 10.2 Å². The molecule has 0 spiro atoms. The smallest absolute Gasteiger partial charge is 0.193 e. The van der Waals surface area contributed by atoms with Crippen LogP contribution < -0.4 is 5.32 Å². The molecule has 0 aromatic heterocycles. The van der Waals surface area contributed by atoms with Gasteiger partial charge in [0.1, 0.15) is 5.82 Å². The lowest BCUT2D eigenvalue weighted by atomic mass is 9.84. The highest BCUT2D eigenvalue weighted by Crippen LogP contribution is 2.30. The lowest BCUT2D eigenvalue weighted by molar-refractivity contribution is -0.0721. The predicted octanol–water partition coefficient (Wildman–Crippen LogP) is 5.00. The van der Waals surface area contributed by atoms with E-state index in [-0.39, 0.29) is 41.3 Å². The summed E-state index contributed by atoms with van der Waals surface area (Å²) in [6.07, 6.45) is 6.06. The van der Waals surface area contributed by atoms with E-state index in [1.54, 1.807) is 6.07 Å². The molecule has 2 fully saturated rings. The summed E-state index contributed by atoms with van der Waals surface area (Å²) in [5.41, 5.74) is 0.660. The van der Waals surface area contributed by atoms with Crippen molar-refractivity contribution < 1.29 is 13.9 Å². The topological polar surface area (TPSA) is 46.1 Å². The van der Waals surface area contributed by atoms with Crippen LogP contribution in [0.4, 0.5) is 4.39 Å². The Hall–Kier alpha value is -0.640. The molecular formula is C23H36ClFIN3O2. The second kappa shape index (κ2) is 12.6. The quantitative estimate of drug-likeness (QED) is 0.299. The number of likely N-dealkylation sites (tertiary alicyclic amines) is 1. The summed E-state index contributed by atoms with van der Waals surface area (Å²) < 4.78 is 25.3. The van der Waals surface area contributed by atoms with E-state index < -0.39 is 0 Å². The molecule has 1 N–H and O–H groups in total. The molecule has 0 saturated carbocycles. The van der Waals surface area contributed by atoms with E-state index >= 15 is 0 Å². The van der Waals surface area contributed by atoms with Gasteiger partial charge in [-0.15, -0.1) is 24.0 Å². The second-order valence-electron chi connectivity index (χ2n) is 8.92. The van der Waals surface area contributed by atoms with Gasteiger partial charge in [-0.25, -0.2) is 4.39 Å². The number of ether oxygens (including phenoxy) is 2. The number of hydrogen-bond donors (Lipinski definition) is 1. The van der Waals surface area contributed by atoms with Gasteiger partial charge in [-0.3, -0.25) is 4.99 Å². The summed E-state index contributed by atoms with van der Waals surface area (Å²) in [6, 6.07) is 4.60. The van der Waals surface area contributed by atoms with Crippen molar-refractivity contribution in [2.75, 3.05) is 39.9 Å². The highest BCUT2D eigenvalue weighted by molar-refractivity contribution is 14.0. The fourth-order valence-corrected chi connectivity index (χ4v) is 4.61. The molecule has 3 rings (SSSR count). The number of nitrogens with one attached hydrogen (secondary N) is 1. The SMILES string of the molecule is CN=C(NCC(C)(C)c1ccc(F)cc1Cl)N1CCC(OCC2CCCCO2)CC1.I. The van der Waals surface area contributed by atoms with Crippen LogP contribution in [0.3, 0.4) is 0 Å². The van der Waals surface area contributed by atoms with Crippen molar-refractivity contribution >= 4 is 41.5 Å². The summed E-state index contributed by atoms with van der Waals surface area (Å²) in [5.74, 6) is 0.568. The Morgan fingerprint density at radius 3 is 2.65 bits per heavy atom. The van der Waals surface area contributed by atoms with Crippen LogP contribution >= 0.6 is 35.6 Å². The molecule has 1 aromatic carbocycles. The van der Waals surface area contributed by atoms with Crippen LogP contribution in [0.2, 0.25) is 5.02 Å². The molecule has 0 bridgehead atoms. The lowest BCUT2D eigenvalue weighted by Crippen LogP contribution is -2.49. The highest BCUT2D eigenvalue weighted by atomic mass is 127. The summed E-state index contributed by atoms with van der Waals surface area (Å²) in [7, 11) is 1.81. The average Bonchev–Trinajstić information content (AvgIpc) is 2.74. The van der Waals surface area contributed by atoms with E-state index in [2.05, 4.69) is 29.1 Å². The molecule has 1 atom stereocenters. The minimum absolute atomic E-state index is 0. The van der Waals surface area contributed by atoms with Crippen molar-refractivity contribution in [2.24, 2.45) is 4.99 Å². The van der Waals surface area contributed by atoms with E-state index in [1.165, 1.54) is 25.0 Å². The van der Waals surface area contributed by atoms with Gasteiger partial charge in [-0.05, 0) is 49.8 Å². The minimum atomic E-state index is -0.316. The summed E-state index contributed by atoms with van der Waals surface area (Å²) in [6.45, 7) is 8.25. The van der Waals surface area contributed by atoms with Crippen LogP contribution in [0.15, 0.2) is 23.2 Å². The van der Waals surface area contributed by atoms with Crippen LogP contribution in [0, 0.1) is 5.82 Å². The third-order valence-corrected chi connectivity index (χ3v) is 6.41. The fourth-order valence-electron chi connectivity index (χ4n) is 4.18. The molecule has 8 heteroatoms. The molecule has 2 heterocycles. The van der Waals surface area contributed by atoms with Crippen molar-refractivity contribution in [3.63, 3.8) is 0 Å². The van der Waals surface area contributed by atoms with E-state index in [0.717, 1.165) is 50.5 Å². The van der Waals surface area contributed by atoms with Crippen molar-refractivity contribution in [3.05, 3.63) is 34.6 Å². The Kier molecular flexibility index (Phi) is 10.8. The Balaban J connectivity index is 0.00000341. The van der Waals surface area contributed by atoms with Gasteiger partial charge in [0, 0.05) is 43.7 Å². The molecule has 31 heavy (non-hydrogen) atoms. The minimum Gasteiger partial charge on any atom is -0.376 e. The Morgan fingerprint density at radius 1 is 1.29 bits per heavy atom. The number of nitrogens with zero attached hydrogens (tertiary/aromatic N) is 2. The van der Waals surface area contributed by atoms with Crippen LogP contribution in [-0.4, -0.2) is 63.0 Å². The molecule has 0 aliphatic carbocycles. The zero-order chi connectivity index (χ0) is 21.6. The third-order valence-electron chi connectivity index (χ3n) is 6.09. The number of rotatable bonds is 6. The molecule has 2 aliphatic heterocycles. The van der Waals surface area contributed by atoms with Gasteiger partial charge < -0.3 is 19.7 Å². The number of hydrogen-bond acceptors (Lipinski definition) is 3. The first kappa shape index (κ1) is 26.6. The number of aliphatic imine (C=N–C) groups is 1. The Morgan fingerprint density at radius 2 is 2.03 bits per heavy atom. The molecule has 0 amide bonds. The molecular weight excluding hydrogens is 532 g/mol.